The van der Waals surface area contributed by atoms with Crippen molar-refractivity contribution in [1.82, 2.24) is 0 Å². The third-order valence-corrected chi connectivity index (χ3v) is 3.32. The molecule has 0 heterocycles. The zero-order valence-corrected chi connectivity index (χ0v) is 13.2. The molecule has 0 atom stereocenters. The van der Waals surface area contributed by atoms with Crippen LogP contribution in [0.15, 0.2) is 42.5 Å². The number of nitrogens with zero attached hydrogens (tertiary/aromatic N) is 1. The molecule has 0 bridgehead atoms. The van der Waals surface area contributed by atoms with Crippen LogP contribution in [0, 0.1) is 17.0 Å². The summed E-state index contributed by atoms with van der Waals surface area (Å²) in [5, 5.41) is 16.2. The lowest BCUT2D eigenvalue weighted by Crippen LogP contribution is -2.20. The van der Waals surface area contributed by atoms with E-state index in [9.17, 15) is 23.3 Å². The van der Waals surface area contributed by atoms with Gasteiger partial charge in [0.25, 0.3) is 5.69 Å². The van der Waals surface area contributed by atoms with Crippen molar-refractivity contribution < 1.29 is 18.1 Å². The number of thiocarbonyl (C=S) groups is 1. The topological polar surface area (TPSA) is 67.2 Å². The van der Waals surface area contributed by atoms with E-state index in [0.29, 0.717) is 11.3 Å². The van der Waals surface area contributed by atoms with Crippen LogP contribution in [0.1, 0.15) is 11.1 Å². The number of halogens is 3. The van der Waals surface area contributed by atoms with Gasteiger partial charge in [-0.25, -0.2) is 0 Å². The number of anilines is 2. The Morgan fingerprint density at radius 3 is 2.46 bits per heavy atom. The molecule has 9 heteroatoms. The van der Waals surface area contributed by atoms with Gasteiger partial charge in [0, 0.05) is 23.5 Å². The van der Waals surface area contributed by atoms with Crippen LogP contribution in [-0.2, 0) is 6.18 Å². The first-order valence-corrected chi connectivity index (χ1v) is 7.08. The zero-order valence-electron chi connectivity index (χ0n) is 12.3. The highest BCUT2D eigenvalue weighted by Crippen LogP contribution is 2.30. The minimum Gasteiger partial charge on any atom is -0.332 e. The number of rotatable bonds is 3. The molecule has 0 fully saturated rings. The van der Waals surface area contributed by atoms with Crippen LogP contribution in [-0.4, -0.2) is 10.0 Å². The summed E-state index contributed by atoms with van der Waals surface area (Å²) >= 11 is 5.06. The Balaban J connectivity index is 2.10. The molecule has 0 aliphatic carbocycles. The van der Waals surface area contributed by atoms with Gasteiger partial charge in [0.2, 0.25) is 0 Å². The second-order valence-electron chi connectivity index (χ2n) is 4.91. The second kappa shape index (κ2) is 6.83. The maximum absolute atomic E-state index is 12.7. The molecule has 0 amide bonds. The van der Waals surface area contributed by atoms with Gasteiger partial charge in [0.05, 0.1) is 10.5 Å². The summed E-state index contributed by atoms with van der Waals surface area (Å²) in [6.45, 7) is 1.65. The Labute approximate surface area is 140 Å². The maximum atomic E-state index is 12.7. The lowest BCUT2D eigenvalue weighted by atomic mass is 10.2. The molecule has 126 valence electrons. The van der Waals surface area contributed by atoms with Gasteiger partial charge in [0.15, 0.2) is 5.11 Å². The maximum Gasteiger partial charge on any atom is 0.416 e. The number of nitro groups is 1. The fourth-order valence-electron chi connectivity index (χ4n) is 1.96. The van der Waals surface area contributed by atoms with E-state index in [1.54, 1.807) is 6.92 Å². The smallest absolute Gasteiger partial charge is 0.332 e. The molecule has 0 unspecified atom stereocenters. The first kappa shape index (κ1) is 17.7. The van der Waals surface area contributed by atoms with Crippen LogP contribution in [0.5, 0.6) is 0 Å². The lowest BCUT2D eigenvalue weighted by Gasteiger charge is -2.14. The molecule has 0 radical (unpaired) electrons. The average Bonchev–Trinajstić information content (AvgIpc) is 2.48. The van der Waals surface area contributed by atoms with Crippen molar-refractivity contribution in [2.24, 2.45) is 0 Å². The number of hydrogen-bond acceptors (Lipinski definition) is 3. The molecule has 0 aliphatic heterocycles. The predicted molar refractivity (Wildman–Crippen MR) is 89.1 cm³/mol. The Morgan fingerprint density at radius 2 is 1.88 bits per heavy atom. The normalized spacial score (nSPS) is 11.0. The molecule has 0 saturated carbocycles. The number of alkyl halides is 3. The monoisotopic (exact) mass is 355 g/mol. The molecule has 0 spiro atoms. The van der Waals surface area contributed by atoms with Gasteiger partial charge in [-0.15, -0.1) is 0 Å². The van der Waals surface area contributed by atoms with Crippen LogP contribution < -0.4 is 10.6 Å². The van der Waals surface area contributed by atoms with E-state index < -0.39 is 16.7 Å². The third-order valence-electron chi connectivity index (χ3n) is 3.12. The second-order valence-corrected chi connectivity index (χ2v) is 5.32. The molecule has 0 aliphatic rings. The minimum atomic E-state index is -4.44. The predicted octanol–water partition coefficient (Wildman–Crippen LogP) is 4.73. The van der Waals surface area contributed by atoms with Crippen LogP contribution in [0.2, 0.25) is 0 Å². The number of hydrogen-bond donors (Lipinski definition) is 2. The molecule has 24 heavy (non-hydrogen) atoms. The van der Waals surface area contributed by atoms with Gasteiger partial charge in [-0.3, -0.25) is 10.1 Å². The summed E-state index contributed by atoms with van der Waals surface area (Å²) in [6.07, 6.45) is -4.44. The fourth-order valence-corrected chi connectivity index (χ4v) is 2.19. The van der Waals surface area contributed by atoms with E-state index in [2.05, 4.69) is 10.6 Å². The van der Waals surface area contributed by atoms with Gasteiger partial charge >= 0.3 is 6.18 Å². The standard InChI is InChI=1S/C15H12F3N3O2S/c1-9-7-12(21(22)23)5-6-13(9)20-14(24)19-11-4-2-3-10(8-11)15(16,17)18/h2-8H,1H3,(H2,19,20,24). The number of nitrogens with one attached hydrogen (secondary N) is 2. The van der Waals surface area contributed by atoms with Crippen molar-refractivity contribution in [3.05, 3.63) is 63.7 Å². The van der Waals surface area contributed by atoms with Gasteiger partial charge in [-0.2, -0.15) is 13.2 Å². The molecule has 0 aromatic heterocycles. The highest BCUT2D eigenvalue weighted by atomic mass is 32.1. The SMILES string of the molecule is Cc1cc([N+](=O)[O-])ccc1NC(=S)Nc1cccc(C(F)(F)F)c1. The first-order valence-electron chi connectivity index (χ1n) is 6.67. The number of benzene rings is 2. The molecular formula is C15H12F3N3O2S. The van der Waals surface area contributed by atoms with E-state index in [1.807, 2.05) is 0 Å². The summed E-state index contributed by atoms with van der Waals surface area (Å²) in [4.78, 5) is 10.2. The summed E-state index contributed by atoms with van der Waals surface area (Å²) in [5.74, 6) is 0. The van der Waals surface area contributed by atoms with Crippen molar-refractivity contribution in [3.63, 3.8) is 0 Å². The molecule has 2 aromatic rings. The van der Waals surface area contributed by atoms with Crippen molar-refractivity contribution in [2.75, 3.05) is 10.6 Å². The van der Waals surface area contributed by atoms with Gasteiger partial charge in [-0.1, -0.05) is 6.07 Å². The Kier molecular flexibility index (Phi) is 5.03. The first-order chi connectivity index (χ1) is 11.2. The summed E-state index contributed by atoms with van der Waals surface area (Å²) in [7, 11) is 0. The molecule has 2 rings (SSSR count). The highest BCUT2D eigenvalue weighted by molar-refractivity contribution is 7.80. The summed E-state index contributed by atoms with van der Waals surface area (Å²) < 4.78 is 38.0. The van der Waals surface area contributed by atoms with Gasteiger partial charge < -0.3 is 10.6 Å². The third kappa shape index (κ3) is 4.42. The van der Waals surface area contributed by atoms with Gasteiger partial charge in [-0.05, 0) is 49.0 Å². The quantitative estimate of drug-likeness (QED) is 0.473. The van der Waals surface area contributed by atoms with Crippen LogP contribution >= 0.6 is 12.2 Å². The van der Waals surface area contributed by atoms with Crippen LogP contribution in [0.4, 0.5) is 30.2 Å². The number of aryl methyl sites for hydroxylation is 1. The van der Waals surface area contributed by atoms with Gasteiger partial charge in [0.1, 0.15) is 0 Å². The Hall–Kier alpha value is -2.68. The number of non-ortho nitro benzene ring substituents is 1. The molecular weight excluding hydrogens is 343 g/mol. The van der Waals surface area contributed by atoms with Crippen molar-refractivity contribution in [1.29, 1.82) is 0 Å². The zero-order chi connectivity index (χ0) is 17.9. The summed E-state index contributed by atoms with van der Waals surface area (Å²) in [6, 6.07) is 8.78. The molecule has 2 aromatic carbocycles. The Morgan fingerprint density at radius 1 is 1.17 bits per heavy atom. The van der Waals surface area contributed by atoms with Crippen molar-refractivity contribution in [3.8, 4) is 0 Å². The minimum absolute atomic E-state index is 0.0604. The fraction of sp³-hybridized carbons (Fsp3) is 0.133. The van der Waals surface area contributed by atoms with Crippen molar-refractivity contribution in [2.45, 2.75) is 13.1 Å². The van der Waals surface area contributed by atoms with Crippen LogP contribution in [0.3, 0.4) is 0 Å². The lowest BCUT2D eigenvalue weighted by molar-refractivity contribution is -0.384. The molecule has 0 saturated heterocycles. The van der Waals surface area contributed by atoms with Crippen LogP contribution in [0.25, 0.3) is 0 Å². The number of nitro benzene ring substituents is 1. The van der Waals surface area contributed by atoms with E-state index in [0.717, 1.165) is 12.1 Å². The van der Waals surface area contributed by atoms with E-state index in [4.69, 9.17) is 12.2 Å². The average molecular weight is 355 g/mol. The molecule has 5 nitrogen and oxygen atoms in total. The van der Waals surface area contributed by atoms with Crippen molar-refractivity contribution >= 4 is 34.4 Å². The Bertz CT molecular complexity index is 794. The van der Waals surface area contributed by atoms with E-state index >= 15 is 0 Å². The largest absolute Gasteiger partial charge is 0.416 e. The molecule has 2 N–H and O–H groups in total. The van der Waals surface area contributed by atoms with E-state index in [-0.39, 0.29) is 16.5 Å². The summed E-state index contributed by atoms with van der Waals surface area (Å²) in [5.41, 5.74) is 0.431. The highest BCUT2D eigenvalue weighted by Gasteiger charge is 2.30. The van der Waals surface area contributed by atoms with E-state index in [1.165, 1.54) is 30.3 Å².